The van der Waals surface area contributed by atoms with E-state index >= 15 is 0 Å². The zero-order valence-electron chi connectivity index (χ0n) is 11.7. The molecule has 4 heteroatoms. The van der Waals surface area contributed by atoms with Crippen LogP contribution in [0.4, 0.5) is 0 Å². The first-order valence-electron chi connectivity index (χ1n) is 6.86. The molecule has 0 bridgehead atoms. The SMILES string of the molecule is CC1CC=CC=C1c1nc(C=O)cn1-c1ccc(Br)cc1. The van der Waals surface area contributed by atoms with Gasteiger partial charge in [0.2, 0.25) is 0 Å². The van der Waals surface area contributed by atoms with Crippen LogP contribution in [0.1, 0.15) is 29.7 Å². The van der Waals surface area contributed by atoms with Gasteiger partial charge < -0.3 is 0 Å². The second-order valence-electron chi connectivity index (χ2n) is 5.14. The van der Waals surface area contributed by atoms with E-state index in [1.165, 1.54) is 0 Å². The highest BCUT2D eigenvalue weighted by atomic mass is 79.9. The van der Waals surface area contributed by atoms with Crippen molar-refractivity contribution >= 4 is 27.8 Å². The number of halogens is 1. The molecule has 0 saturated heterocycles. The summed E-state index contributed by atoms with van der Waals surface area (Å²) in [6.45, 7) is 2.18. The Hall–Kier alpha value is -1.94. The molecule has 0 N–H and O–H groups in total. The molecule has 1 aliphatic carbocycles. The molecule has 0 spiro atoms. The van der Waals surface area contributed by atoms with Crippen LogP contribution < -0.4 is 0 Å². The maximum atomic E-state index is 11.1. The zero-order valence-corrected chi connectivity index (χ0v) is 13.2. The molecule has 1 aromatic heterocycles. The summed E-state index contributed by atoms with van der Waals surface area (Å²) in [5, 5.41) is 0. The summed E-state index contributed by atoms with van der Waals surface area (Å²) in [7, 11) is 0. The van der Waals surface area contributed by atoms with E-state index in [9.17, 15) is 4.79 Å². The van der Waals surface area contributed by atoms with Crippen molar-refractivity contribution in [2.75, 3.05) is 0 Å². The fourth-order valence-electron chi connectivity index (χ4n) is 2.50. The molecule has 1 heterocycles. The van der Waals surface area contributed by atoms with Gasteiger partial charge in [0.05, 0.1) is 0 Å². The quantitative estimate of drug-likeness (QED) is 0.773. The maximum absolute atomic E-state index is 11.1. The normalized spacial score (nSPS) is 17.6. The highest BCUT2D eigenvalue weighted by Crippen LogP contribution is 2.30. The largest absolute Gasteiger partial charge is 0.299 e. The van der Waals surface area contributed by atoms with Gasteiger partial charge in [-0.2, -0.15) is 0 Å². The second-order valence-corrected chi connectivity index (χ2v) is 6.06. The van der Waals surface area contributed by atoms with E-state index in [4.69, 9.17) is 0 Å². The van der Waals surface area contributed by atoms with Crippen LogP contribution in [0.15, 0.2) is 53.2 Å². The first kappa shape index (κ1) is 14.0. The van der Waals surface area contributed by atoms with Crippen molar-refractivity contribution in [3.8, 4) is 5.69 Å². The second kappa shape index (κ2) is 5.82. The van der Waals surface area contributed by atoms with Crippen molar-refractivity contribution in [1.82, 2.24) is 9.55 Å². The number of hydrogen-bond acceptors (Lipinski definition) is 2. The summed E-state index contributed by atoms with van der Waals surface area (Å²) < 4.78 is 3.01. The minimum atomic E-state index is 0.395. The summed E-state index contributed by atoms with van der Waals surface area (Å²) in [5.41, 5.74) is 2.61. The van der Waals surface area contributed by atoms with Crippen molar-refractivity contribution < 1.29 is 4.79 Å². The average Bonchev–Trinajstić information content (AvgIpc) is 2.92. The van der Waals surface area contributed by atoms with Gasteiger partial charge in [0.1, 0.15) is 11.5 Å². The lowest BCUT2D eigenvalue weighted by atomic mass is 9.92. The number of aldehydes is 1. The lowest BCUT2D eigenvalue weighted by molar-refractivity contribution is 0.111. The number of allylic oxidation sites excluding steroid dienone is 4. The third-order valence-electron chi connectivity index (χ3n) is 3.64. The Balaban J connectivity index is 2.14. The molecule has 106 valence electrons. The molecular formula is C17H15BrN2O. The van der Waals surface area contributed by atoms with Gasteiger partial charge in [-0.1, -0.05) is 41.1 Å². The summed E-state index contributed by atoms with van der Waals surface area (Å²) >= 11 is 3.44. The lowest BCUT2D eigenvalue weighted by Crippen LogP contribution is -2.07. The minimum absolute atomic E-state index is 0.395. The van der Waals surface area contributed by atoms with Gasteiger partial charge in [-0.3, -0.25) is 9.36 Å². The van der Waals surface area contributed by atoms with Crippen LogP contribution in [-0.2, 0) is 0 Å². The molecule has 3 rings (SSSR count). The first-order valence-corrected chi connectivity index (χ1v) is 7.66. The standard InChI is InChI=1S/C17H15BrN2O/c1-12-4-2-3-5-16(12)17-19-14(11-21)10-20(17)15-8-6-13(18)7-9-15/h2-3,5-12H,4H2,1H3. The Bertz CT molecular complexity index is 726. The van der Waals surface area contributed by atoms with E-state index < -0.39 is 0 Å². The number of rotatable bonds is 3. The van der Waals surface area contributed by atoms with E-state index in [0.717, 1.165) is 34.3 Å². The fraction of sp³-hybridized carbons (Fsp3) is 0.176. The molecule has 0 amide bonds. The van der Waals surface area contributed by atoms with Crippen LogP contribution in [0.5, 0.6) is 0 Å². The Morgan fingerprint density at radius 2 is 2.10 bits per heavy atom. The number of hydrogen-bond donors (Lipinski definition) is 0. The maximum Gasteiger partial charge on any atom is 0.170 e. The van der Waals surface area contributed by atoms with Crippen molar-refractivity contribution in [3.05, 3.63) is 64.7 Å². The van der Waals surface area contributed by atoms with Crippen LogP contribution >= 0.6 is 15.9 Å². The fourth-order valence-corrected chi connectivity index (χ4v) is 2.76. The third kappa shape index (κ3) is 2.76. The smallest absolute Gasteiger partial charge is 0.170 e. The van der Waals surface area contributed by atoms with E-state index in [0.29, 0.717) is 11.6 Å². The van der Waals surface area contributed by atoms with Gasteiger partial charge >= 0.3 is 0 Å². The van der Waals surface area contributed by atoms with E-state index in [1.807, 2.05) is 28.8 Å². The minimum Gasteiger partial charge on any atom is -0.299 e. The van der Waals surface area contributed by atoms with Crippen LogP contribution in [0.25, 0.3) is 11.3 Å². The molecule has 0 fully saturated rings. The zero-order chi connectivity index (χ0) is 14.8. The molecule has 2 aromatic rings. The monoisotopic (exact) mass is 342 g/mol. The molecule has 3 nitrogen and oxygen atoms in total. The number of carbonyl (C=O) groups excluding carboxylic acids is 1. The predicted octanol–water partition coefficient (Wildman–Crippen LogP) is 4.43. The molecule has 21 heavy (non-hydrogen) atoms. The lowest BCUT2D eigenvalue weighted by Gasteiger charge is -2.18. The molecule has 1 unspecified atom stereocenters. The molecule has 0 aliphatic heterocycles. The topological polar surface area (TPSA) is 34.9 Å². The Labute approximate surface area is 132 Å². The summed E-state index contributed by atoms with van der Waals surface area (Å²) in [6, 6.07) is 7.98. The number of benzene rings is 1. The highest BCUT2D eigenvalue weighted by molar-refractivity contribution is 9.10. The molecule has 1 atom stereocenters. The van der Waals surface area contributed by atoms with Crippen molar-refractivity contribution in [1.29, 1.82) is 0 Å². The molecule has 1 aromatic carbocycles. The molecule has 0 saturated carbocycles. The first-order chi connectivity index (χ1) is 10.2. The van der Waals surface area contributed by atoms with Crippen LogP contribution in [0.2, 0.25) is 0 Å². The molecule has 0 radical (unpaired) electrons. The van der Waals surface area contributed by atoms with Crippen molar-refractivity contribution in [2.45, 2.75) is 13.3 Å². The average molecular weight is 343 g/mol. The Morgan fingerprint density at radius 1 is 1.33 bits per heavy atom. The predicted molar refractivity (Wildman–Crippen MR) is 87.5 cm³/mol. The summed E-state index contributed by atoms with van der Waals surface area (Å²) in [4.78, 5) is 15.6. The van der Waals surface area contributed by atoms with Crippen molar-refractivity contribution in [2.24, 2.45) is 5.92 Å². The van der Waals surface area contributed by atoms with Gasteiger partial charge in [-0.25, -0.2) is 4.98 Å². The summed E-state index contributed by atoms with van der Waals surface area (Å²) in [5.74, 6) is 1.24. The Morgan fingerprint density at radius 3 is 2.76 bits per heavy atom. The van der Waals surface area contributed by atoms with Gasteiger partial charge in [0.25, 0.3) is 0 Å². The molecule has 1 aliphatic rings. The number of aromatic nitrogens is 2. The van der Waals surface area contributed by atoms with Gasteiger partial charge in [-0.15, -0.1) is 0 Å². The summed E-state index contributed by atoms with van der Waals surface area (Å²) in [6.07, 6.45) is 9.87. The van der Waals surface area contributed by atoms with E-state index in [1.54, 1.807) is 6.20 Å². The van der Waals surface area contributed by atoms with Gasteiger partial charge in [0, 0.05) is 16.4 Å². The van der Waals surface area contributed by atoms with Crippen molar-refractivity contribution in [3.63, 3.8) is 0 Å². The number of carbonyl (C=O) groups is 1. The van der Waals surface area contributed by atoms with Gasteiger partial charge in [0.15, 0.2) is 6.29 Å². The number of nitrogens with zero attached hydrogens (tertiary/aromatic N) is 2. The van der Waals surface area contributed by atoms with Crippen LogP contribution in [0.3, 0.4) is 0 Å². The van der Waals surface area contributed by atoms with Crippen LogP contribution in [-0.4, -0.2) is 15.8 Å². The number of imidazole rings is 1. The highest BCUT2D eigenvalue weighted by Gasteiger charge is 2.19. The Kier molecular flexibility index (Phi) is 3.88. The van der Waals surface area contributed by atoms with Gasteiger partial charge in [-0.05, 0) is 42.2 Å². The van der Waals surface area contributed by atoms with E-state index in [2.05, 4.69) is 46.1 Å². The third-order valence-corrected chi connectivity index (χ3v) is 4.17. The molecular weight excluding hydrogens is 328 g/mol. The van der Waals surface area contributed by atoms with Crippen LogP contribution in [0, 0.1) is 5.92 Å². The van der Waals surface area contributed by atoms with E-state index in [-0.39, 0.29) is 0 Å².